The molecule has 2 aromatic carbocycles. The molecule has 9 nitrogen and oxygen atoms in total. The maximum absolute atomic E-state index is 14.2. The first-order valence-electron chi connectivity index (χ1n) is 13.5. The van der Waals surface area contributed by atoms with Gasteiger partial charge in [-0.05, 0) is 65.8 Å². The molecule has 0 spiro atoms. The van der Waals surface area contributed by atoms with Crippen LogP contribution < -0.4 is 14.8 Å². The van der Waals surface area contributed by atoms with Crippen LogP contribution in [-0.4, -0.2) is 71.5 Å². The first-order chi connectivity index (χ1) is 19.4. The van der Waals surface area contributed by atoms with Gasteiger partial charge in [0.1, 0.15) is 18.0 Å². The molecule has 40 heavy (non-hydrogen) atoms. The fourth-order valence-electron chi connectivity index (χ4n) is 5.63. The molecule has 2 amide bonds. The zero-order valence-electron chi connectivity index (χ0n) is 22.2. The van der Waals surface area contributed by atoms with Gasteiger partial charge in [-0.15, -0.1) is 0 Å². The first kappa shape index (κ1) is 28.4. The van der Waals surface area contributed by atoms with Crippen LogP contribution >= 0.6 is 22.6 Å². The van der Waals surface area contributed by atoms with Crippen LogP contribution in [0.1, 0.15) is 42.7 Å². The van der Waals surface area contributed by atoms with Gasteiger partial charge in [0.2, 0.25) is 5.91 Å². The summed E-state index contributed by atoms with van der Waals surface area (Å²) < 4.78 is 18.6. The number of furan rings is 1. The van der Waals surface area contributed by atoms with E-state index in [0.29, 0.717) is 22.7 Å². The molecule has 1 saturated carbocycles. The van der Waals surface area contributed by atoms with Crippen molar-refractivity contribution in [1.29, 1.82) is 0 Å². The molecule has 5 rings (SSSR count). The minimum atomic E-state index is -1.10. The van der Waals surface area contributed by atoms with Crippen LogP contribution in [0.3, 0.4) is 0 Å². The molecule has 0 saturated heterocycles. The van der Waals surface area contributed by atoms with Crippen molar-refractivity contribution in [3.63, 3.8) is 0 Å². The number of hydrogen-bond donors (Lipinski definition) is 3. The summed E-state index contributed by atoms with van der Waals surface area (Å²) in [5.41, 5.74) is 0.870. The summed E-state index contributed by atoms with van der Waals surface area (Å²) in [6, 6.07) is 13.7. The summed E-state index contributed by atoms with van der Waals surface area (Å²) in [4.78, 5) is 29.0. The number of ether oxygens (including phenoxy) is 2. The lowest BCUT2D eigenvalue weighted by Gasteiger charge is -2.43. The number of rotatable bonds is 9. The molecule has 2 aliphatic rings. The molecule has 1 aromatic heterocycles. The van der Waals surface area contributed by atoms with Crippen LogP contribution in [0.25, 0.3) is 11.0 Å². The number of hydrogen-bond acceptors (Lipinski definition) is 7. The van der Waals surface area contributed by atoms with Crippen molar-refractivity contribution < 1.29 is 33.7 Å². The Bertz CT molecular complexity index is 1400. The zero-order chi connectivity index (χ0) is 28.2. The van der Waals surface area contributed by atoms with Gasteiger partial charge in [0.15, 0.2) is 17.1 Å². The highest BCUT2D eigenvalue weighted by Gasteiger charge is 2.44. The first-order valence-corrected chi connectivity index (χ1v) is 14.6. The molecule has 212 valence electrons. The number of aliphatic hydroxyl groups is 2. The summed E-state index contributed by atoms with van der Waals surface area (Å²) in [5, 5.41) is 24.4. The highest BCUT2D eigenvalue weighted by molar-refractivity contribution is 14.1. The van der Waals surface area contributed by atoms with E-state index in [2.05, 4.69) is 27.9 Å². The van der Waals surface area contributed by atoms with Crippen LogP contribution in [0, 0.1) is 3.57 Å². The normalized spacial score (nSPS) is 21.2. The number of amides is 2. The minimum Gasteiger partial charge on any atom is -0.493 e. The Morgan fingerprint density at radius 2 is 1.88 bits per heavy atom. The Morgan fingerprint density at radius 1 is 1.12 bits per heavy atom. The fraction of sp³-hybridized carbons (Fsp3) is 0.400. The lowest BCUT2D eigenvalue weighted by atomic mass is 9.87. The smallest absolute Gasteiger partial charge is 0.290 e. The van der Waals surface area contributed by atoms with E-state index in [0.717, 1.165) is 34.6 Å². The summed E-state index contributed by atoms with van der Waals surface area (Å²) in [7, 11) is 1.55. The molecular formula is C30H33IN2O7. The topological polar surface area (TPSA) is 121 Å². The van der Waals surface area contributed by atoms with E-state index < -0.39 is 18.2 Å². The summed E-state index contributed by atoms with van der Waals surface area (Å²) in [6.07, 6.45) is 3.29. The van der Waals surface area contributed by atoms with Gasteiger partial charge in [-0.25, -0.2) is 0 Å². The number of carbonyl (C=O) groups is 2. The Balaban J connectivity index is 1.53. The molecule has 0 unspecified atom stereocenters. The van der Waals surface area contributed by atoms with Crippen molar-refractivity contribution in [2.24, 2.45) is 0 Å². The van der Waals surface area contributed by atoms with Crippen molar-refractivity contribution >= 4 is 45.4 Å². The minimum absolute atomic E-state index is 0.0948. The maximum Gasteiger partial charge on any atom is 0.290 e. The van der Waals surface area contributed by atoms with E-state index in [1.54, 1.807) is 36.3 Å². The molecule has 0 bridgehead atoms. The van der Waals surface area contributed by atoms with Crippen molar-refractivity contribution in [3.8, 4) is 11.5 Å². The van der Waals surface area contributed by atoms with Gasteiger partial charge in [-0.1, -0.05) is 37.1 Å². The predicted octanol–water partition coefficient (Wildman–Crippen LogP) is 4.05. The number of para-hydroxylation sites is 2. The van der Waals surface area contributed by atoms with Gasteiger partial charge in [0, 0.05) is 30.0 Å². The van der Waals surface area contributed by atoms with Crippen LogP contribution in [0.2, 0.25) is 0 Å². The van der Waals surface area contributed by atoms with E-state index in [9.17, 15) is 19.8 Å². The molecule has 1 heterocycles. The lowest BCUT2D eigenvalue weighted by Crippen LogP contribution is -2.57. The number of halogens is 1. The van der Waals surface area contributed by atoms with Crippen LogP contribution in [0.15, 0.2) is 64.6 Å². The van der Waals surface area contributed by atoms with E-state index in [1.165, 1.54) is 0 Å². The van der Waals surface area contributed by atoms with Gasteiger partial charge < -0.3 is 34.3 Å². The highest BCUT2D eigenvalue weighted by atomic mass is 127. The lowest BCUT2D eigenvalue weighted by molar-refractivity contribution is -0.118. The second kappa shape index (κ2) is 12.6. The number of benzene rings is 2. The SMILES string of the molecule is COc1cccc2cc(C(=O)N(C3CCCC3)[C@@H]3CC(C(=O)NCCO)=C[C@H](Oc4ccccc4I)[C@H]3O)oc12. The Hall–Kier alpha value is -3.09. The highest BCUT2D eigenvalue weighted by Crippen LogP contribution is 2.36. The van der Waals surface area contributed by atoms with E-state index in [1.807, 2.05) is 30.3 Å². The van der Waals surface area contributed by atoms with Crippen molar-refractivity contribution in [2.45, 2.75) is 56.4 Å². The zero-order valence-corrected chi connectivity index (χ0v) is 24.4. The molecule has 3 atom stereocenters. The van der Waals surface area contributed by atoms with Crippen molar-refractivity contribution in [2.75, 3.05) is 20.3 Å². The largest absolute Gasteiger partial charge is 0.493 e. The number of nitrogens with one attached hydrogen (secondary N) is 1. The van der Waals surface area contributed by atoms with Crippen LogP contribution in [0.5, 0.6) is 11.5 Å². The Morgan fingerprint density at radius 3 is 2.60 bits per heavy atom. The summed E-state index contributed by atoms with van der Waals surface area (Å²) in [6.45, 7) is -0.104. The van der Waals surface area contributed by atoms with Crippen molar-refractivity contribution in [1.82, 2.24) is 10.2 Å². The van der Waals surface area contributed by atoms with Crippen LogP contribution in [0.4, 0.5) is 0 Å². The van der Waals surface area contributed by atoms with Gasteiger partial charge >= 0.3 is 0 Å². The third-order valence-electron chi connectivity index (χ3n) is 7.56. The van der Waals surface area contributed by atoms with Crippen LogP contribution in [-0.2, 0) is 4.79 Å². The standard InChI is InChI=1S/C30H33IN2O7/c1-38-24-12-6-7-18-16-26(40-28(18)24)30(37)33(20-8-2-3-9-20)22-15-19(29(36)32-13-14-34)17-25(27(22)35)39-23-11-5-4-10-21(23)31/h4-7,10-12,16-17,20,22,25,27,34-35H,2-3,8-9,13-15H2,1H3,(H,32,36)/t22-,25+,27+/m1/s1. The number of methoxy groups -OCH3 is 1. The maximum atomic E-state index is 14.2. The van der Waals surface area contributed by atoms with Crippen molar-refractivity contribution in [3.05, 3.63) is 69.5 Å². The van der Waals surface area contributed by atoms with E-state index in [-0.39, 0.29) is 43.2 Å². The molecule has 10 heteroatoms. The molecule has 1 fully saturated rings. The second-order valence-corrected chi connectivity index (χ2v) is 11.2. The molecule has 3 aromatic rings. The average molecular weight is 661 g/mol. The van der Waals surface area contributed by atoms with Gasteiger partial charge in [-0.3, -0.25) is 9.59 Å². The molecular weight excluding hydrogens is 627 g/mol. The molecule has 3 N–H and O–H groups in total. The number of fused-ring (bicyclic) bond motifs is 1. The molecule has 0 radical (unpaired) electrons. The van der Waals surface area contributed by atoms with Gasteiger partial charge in [0.25, 0.3) is 5.91 Å². The van der Waals surface area contributed by atoms with Gasteiger partial charge in [-0.2, -0.15) is 0 Å². The second-order valence-electron chi connectivity index (χ2n) is 10.1. The molecule has 2 aliphatic carbocycles. The van der Waals surface area contributed by atoms with Gasteiger partial charge in [0.05, 0.1) is 23.3 Å². The quantitative estimate of drug-likeness (QED) is 0.297. The fourth-order valence-corrected chi connectivity index (χ4v) is 6.15. The Labute approximate surface area is 246 Å². The molecule has 0 aliphatic heterocycles. The number of nitrogens with zero attached hydrogens (tertiary/aromatic N) is 1. The number of aliphatic hydroxyl groups excluding tert-OH is 2. The predicted molar refractivity (Wildman–Crippen MR) is 157 cm³/mol. The summed E-state index contributed by atoms with van der Waals surface area (Å²) in [5.74, 6) is 0.532. The monoisotopic (exact) mass is 660 g/mol. The summed E-state index contributed by atoms with van der Waals surface area (Å²) >= 11 is 2.16. The Kier molecular flexibility index (Phi) is 8.97. The number of carbonyl (C=O) groups excluding carboxylic acids is 2. The third-order valence-corrected chi connectivity index (χ3v) is 8.45. The van der Waals surface area contributed by atoms with E-state index >= 15 is 0 Å². The third kappa shape index (κ3) is 5.84. The average Bonchev–Trinajstić information content (AvgIpc) is 3.65. The van der Waals surface area contributed by atoms with E-state index in [4.69, 9.17) is 13.9 Å².